The zero-order chi connectivity index (χ0) is 32.1. The Balaban J connectivity index is 1.27. The molecular formula is C46H28N2S. The molecule has 0 saturated heterocycles. The number of rotatable bonds is 3. The van der Waals surface area contributed by atoms with Crippen LogP contribution in [-0.2, 0) is 0 Å². The minimum atomic E-state index is 1.16. The molecule has 0 fully saturated rings. The van der Waals surface area contributed by atoms with Gasteiger partial charge >= 0.3 is 0 Å². The molecule has 0 bridgehead atoms. The molecule has 0 unspecified atom stereocenters. The number of fused-ring (bicyclic) bond motifs is 11. The first kappa shape index (κ1) is 26.9. The number of hydrogen-bond donors (Lipinski definition) is 0. The van der Waals surface area contributed by atoms with Gasteiger partial charge in [-0.2, -0.15) is 0 Å². The van der Waals surface area contributed by atoms with Crippen molar-refractivity contribution in [3.05, 3.63) is 170 Å². The van der Waals surface area contributed by atoms with Crippen LogP contribution in [0.5, 0.6) is 0 Å². The SMILES string of the molecule is c1ccc(-n2c3cc(-c4ccc5ccccc5c4)ccc3c3cc4c5ccc6c7ccccc7sc6c5n(-c5ccccc5)c4cc32)cc1. The Bertz CT molecular complexity index is 3090. The third kappa shape index (κ3) is 3.88. The Hall–Kier alpha value is -6.16. The second-order valence-corrected chi connectivity index (χ2v) is 14.0. The molecule has 0 atom stereocenters. The average Bonchev–Trinajstić information content (AvgIpc) is 3.81. The topological polar surface area (TPSA) is 9.86 Å². The summed E-state index contributed by atoms with van der Waals surface area (Å²) < 4.78 is 7.61. The van der Waals surface area contributed by atoms with Crippen molar-refractivity contribution < 1.29 is 0 Å². The first-order chi connectivity index (χ1) is 24.3. The van der Waals surface area contributed by atoms with E-state index in [1.54, 1.807) is 0 Å². The summed E-state index contributed by atoms with van der Waals surface area (Å²) in [4.78, 5) is 0. The molecule has 0 aliphatic carbocycles. The lowest BCUT2D eigenvalue weighted by atomic mass is 10.00. The molecule has 228 valence electrons. The van der Waals surface area contributed by atoms with Gasteiger partial charge in [0, 0.05) is 48.4 Å². The number of hydrogen-bond acceptors (Lipinski definition) is 1. The maximum atomic E-state index is 2.50. The van der Waals surface area contributed by atoms with Gasteiger partial charge in [0.15, 0.2) is 0 Å². The normalized spacial score (nSPS) is 12.1. The Kier molecular flexibility index (Phi) is 5.57. The predicted octanol–water partition coefficient (Wildman–Crippen LogP) is 13.1. The molecule has 2 nitrogen and oxygen atoms in total. The smallest absolute Gasteiger partial charge is 0.0719 e. The molecule has 0 spiro atoms. The van der Waals surface area contributed by atoms with E-state index in [4.69, 9.17) is 0 Å². The van der Waals surface area contributed by atoms with Crippen molar-refractivity contribution in [1.82, 2.24) is 9.13 Å². The van der Waals surface area contributed by atoms with Gasteiger partial charge < -0.3 is 9.13 Å². The molecule has 3 heterocycles. The fraction of sp³-hybridized carbons (Fsp3) is 0. The molecule has 49 heavy (non-hydrogen) atoms. The quantitative estimate of drug-likeness (QED) is 0.182. The lowest BCUT2D eigenvalue weighted by Gasteiger charge is -2.11. The molecule has 3 aromatic heterocycles. The zero-order valence-corrected chi connectivity index (χ0v) is 27.3. The number of aromatic nitrogens is 2. The molecule has 0 amide bonds. The van der Waals surface area contributed by atoms with E-state index in [-0.39, 0.29) is 0 Å². The van der Waals surface area contributed by atoms with Crippen molar-refractivity contribution >= 4 is 85.9 Å². The summed E-state index contributed by atoms with van der Waals surface area (Å²) in [5.74, 6) is 0. The molecule has 0 saturated carbocycles. The molecule has 8 aromatic carbocycles. The number of nitrogens with zero attached hydrogens (tertiary/aromatic N) is 2. The lowest BCUT2D eigenvalue weighted by molar-refractivity contribution is 1.17. The van der Waals surface area contributed by atoms with Crippen LogP contribution in [0.2, 0.25) is 0 Å². The standard InChI is InChI=1S/C46H28N2S/c1-3-13-33(14-4-1)47-41-26-32(31-20-19-29-11-7-8-12-30(29)25-31)21-22-35(41)39-27-40-37-23-24-38-36-17-9-10-18-44(36)49-46(38)45(37)48(43(40)28-42(39)47)34-15-5-2-6-16-34/h1-28H. The van der Waals surface area contributed by atoms with Crippen molar-refractivity contribution in [2.75, 3.05) is 0 Å². The van der Waals surface area contributed by atoms with Gasteiger partial charge in [0.2, 0.25) is 0 Å². The van der Waals surface area contributed by atoms with Crippen molar-refractivity contribution in [2.45, 2.75) is 0 Å². The van der Waals surface area contributed by atoms with Crippen LogP contribution in [0.3, 0.4) is 0 Å². The highest BCUT2D eigenvalue weighted by atomic mass is 32.1. The van der Waals surface area contributed by atoms with Gasteiger partial charge in [0.25, 0.3) is 0 Å². The van der Waals surface area contributed by atoms with Gasteiger partial charge in [-0.1, -0.05) is 115 Å². The van der Waals surface area contributed by atoms with Gasteiger partial charge in [-0.05, 0) is 76.5 Å². The van der Waals surface area contributed by atoms with Gasteiger partial charge in [-0.3, -0.25) is 0 Å². The van der Waals surface area contributed by atoms with Crippen LogP contribution in [0.1, 0.15) is 0 Å². The highest BCUT2D eigenvalue weighted by Gasteiger charge is 2.21. The zero-order valence-electron chi connectivity index (χ0n) is 26.5. The summed E-state index contributed by atoms with van der Waals surface area (Å²) in [7, 11) is 0. The van der Waals surface area contributed by atoms with Crippen LogP contribution in [-0.4, -0.2) is 9.13 Å². The van der Waals surface area contributed by atoms with E-state index in [9.17, 15) is 0 Å². The Morgan fingerprint density at radius 3 is 1.78 bits per heavy atom. The van der Waals surface area contributed by atoms with E-state index in [1.807, 2.05) is 11.3 Å². The third-order valence-electron chi connectivity index (χ3n) is 10.3. The van der Waals surface area contributed by atoms with E-state index in [2.05, 4.69) is 179 Å². The summed E-state index contributed by atoms with van der Waals surface area (Å²) in [5.41, 5.74) is 9.69. The van der Waals surface area contributed by atoms with E-state index in [0.29, 0.717) is 0 Å². The summed E-state index contributed by atoms with van der Waals surface area (Å²) in [6.07, 6.45) is 0. The van der Waals surface area contributed by atoms with Gasteiger partial charge in [0.1, 0.15) is 0 Å². The van der Waals surface area contributed by atoms with Crippen LogP contribution in [0.25, 0.3) is 97.1 Å². The summed E-state index contributed by atoms with van der Waals surface area (Å²) in [6, 6.07) is 62.4. The first-order valence-corrected chi connectivity index (χ1v) is 17.6. The molecular weight excluding hydrogens is 613 g/mol. The fourth-order valence-electron chi connectivity index (χ4n) is 8.04. The minimum absolute atomic E-state index is 1.16. The van der Waals surface area contributed by atoms with Gasteiger partial charge in [-0.25, -0.2) is 0 Å². The van der Waals surface area contributed by atoms with Crippen LogP contribution >= 0.6 is 11.3 Å². The maximum absolute atomic E-state index is 2.50. The first-order valence-electron chi connectivity index (χ1n) is 16.8. The summed E-state index contributed by atoms with van der Waals surface area (Å²) in [5, 5.41) is 10.2. The van der Waals surface area contributed by atoms with Crippen LogP contribution in [0, 0.1) is 0 Å². The minimum Gasteiger partial charge on any atom is -0.309 e. The number of benzene rings is 8. The second-order valence-electron chi connectivity index (χ2n) is 13.0. The van der Waals surface area contributed by atoms with Crippen LogP contribution in [0.4, 0.5) is 0 Å². The molecule has 11 rings (SSSR count). The molecule has 0 N–H and O–H groups in total. The average molecular weight is 641 g/mol. The van der Waals surface area contributed by atoms with E-state index in [1.165, 1.54) is 91.4 Å². The molecule has 0 radical (unpaired) electrons. The summed E-state index contributed by atoms with van der Waals surface area (Å²) >= 11 is 1.90. The molecule has 0 aliphatic rings. The number of thiophene rings is 1. The van der Waals surface area contributed by atoms with Gasteiger partial charge in [0.05, 0.1) is 26.8 Å². The predicted molar refractivity (Wildman–Crippen MR) is 211 cm³/mol. The summed E-state index contributed by atoms with van der Waals surface area (Å²) in [6.45, 7) is 0. The van der Waals surface area contributed by atoms with Crippen LogP contribution < -0.4 is 0 Å². The lowest BCUT2D eigenvalue weighted by Crippen LogP contribution is -1.95. The van der Waals surface area contributed by atoms with E-state index >= 15 is 0 Å². The largest absolute Gasteiger partial charge is 0.309 e. The van der Waals surface area contributed by atoms with Crippen molar-refractivity contribution in [1.29, 1.82) is 0 Å². The van der Waals surface area contributed by atoms with Crippen molar-refractivity contribution in [3.63, 3.8) is 0 Å². The van der Waals surface area contributed by atoms with E-state index in [0.717, 1.165) is 5.69 Å². The maximum Gasteiger partial charge on any atom is 0.0719 e. The highest BCUT2D eigenvalue weighted by Crippen LogP contribution is 2.45. The van der Waals surface area contributed by atoms with Crippen LogP contribution in [0.15, 0.2) is 170 Å². The molecule has 0 aliphatic heterocycles. The Morgan fingerprint density at radius 1 is 0.347 bits per heavy atom. The fourth-order valence-corrected chi connectivity index (χ4v) is 9.28. The monoisotopic (exact) mass is 640 g/mol. The van der Waals surface area contributed by atoms with E-state index < -0.39 is 0 Å². The number of para-hydroxylation sites is 2. The second kappa shape index (κ2) is 10.2. The van der Waals surface area contributed by atoms with Crippen molar-refractivity contribution in [3.8, 4) is 22.5 Å². The highest BCUT2D eigenvalue weighted by molar-refractivity contribution is 7.26. The van der Waals surface area contributed by atoms with Crippen molar-refractivity contribution in [2.24, 2.45) is 0 Å². The Morgan fingerprint density at radius 2 is 0.939 bits per heavy atom. The molecule has 3 heteroatoms. The van der Waals surface area contributed by atoms with Gasteiger partial charge in [-0.15, -0.1) is 11.3 Å². The molecule has 11 aromatic rings. The Labute approximate surface area is 286 Å². The third-order valence-corrected chi connectivity index (χ3v) is 11.5.